The predicted octanol–water partition coefficient (Wildman–Crippen LogP) is 1.76. The quantitative estimate of drug-likeness (QED) is 0.860. The molecular formula is C15H19FO4S. The van der Waals surface area contributed by atoms with Crippen LogP contribution < -0.4 is 4.74 Å². The fourth-order valence-corrected chi connectivity index (χ4v) is 2.34. The zero-order valence-electron chi connectivity index (χ0n) is 12.3. The van der Waals surface area contributed by atoms with Gasteiger partial charge in [-0.1, -0.05) is 11.8 Å². The zero-order valence-corrected chi connectivity index (χ0v) is 13.1. The molecule has 21 heavy (non-hydrogen) atoms. The Morgan fingerprint density at radius 1 is 1.33 bits per heavy atom. The van der Waals surface area contributed by atoms with E-state index >= 15 is 0 Å². The minimum absolute atomic E-state index is 0.0864. The molecule has 0 saturated carbocycles. The Morgan fingerprint density at radius 2 is 2.00 bits per heavy atom. The van der Waals surface area contributed by atoms with Gasteiger partial charge in [-0.2, -0.15) is 0 Å². The van der Waals surface area contributed by atoms with Crippen LogP contribution in [0.1, 0.15) is 26.3 Å². The second-order valence-corrected chi connectivity index (χ2v) is 8.24. The van der Waals surface area contributed by atoms with Crippen LogP contribution in [0.2, 0.25) is 0 Å². The second-order valence-electron chi connectivity index (χ2n) is 5.38. The Morgan fingerprint density at radius 3 is 2.57 bits per heavy atom. The fraction of sp³-hybridized carbons (Fsp3) is 0.467. The van der Waals surface area contributed by atoms with Gasteiger partial charge in [-0.3, -0.25) is 0 Å². The van der Waals surface area contributed by atoms with Gasteiger partial charge >= 0.3 is 0 Å². The molecule has 0 saturated heterocycles. The Balaban J connectivity index is 2.83. The van der Waals surface area contributed by atoms with E-state index in [4.69, 9.17) is 9.84 Å². The third-order valence-electron chi connectivity index (χ3n) is 2.79. The van der Waals surface area contributed by atoms with E-state index < -0.39 is 20.4 Å². The topological polar surface area (TPSA) is 63.6 Å². The van der Waals surface area contributed by atoms with Crippen molar-refractivity contribution in [1.82, 2.24) is 0 Å². The maximum atomic E-state index is 13.2. The number of halogens is 1. The maximum Gasteiger partial charge on any atom is 0.158 e. The lowest BCUT2D eigenvalue weighted by atomic mass is 10.2. The van der Waals surface area contributed by atoms with Crippen molar-refractivity contribution in [3.05, 3.63) is 29.6 Å². The molecule has 6 heteroatoms. The summed E-state index contributed by atoms with van der Waals surface area (Å²) in [5, 5.41) is 8.68. The molecule has 1 aromatic rings. The first-order valence-electron chi connectivity index (χ1n) is 6.42. The molecule has 0 heterocycles. The third-order valence-corrected chi connectivity index (χ3v) is 5.36. The Labute approximate surface area is 124 Å². The second kappa shape index (κ2) is 6.92. The van der Waals surface area contributed by atoms with Crippen LogP contribution in [0.3, 0.4) is 0 Å². The van der Waals surface area contributed by atoms with Gasteiger partial charge in [0, 0.05) is 6.07 Å². The van der Waals surface area contributed by atoms with Crippen molar-refractivity contribution in [2.45, 2.75) is 25.5 Å². The number of aliphatic hydroxyl groups is 1. The number of hydrogen-bond acceptors (Lipinski definition) is 4. The number of hydrogen-bond donors (Lipinski definition) is 1. The minimum Gasteiger partial charge on any atom is -0.491 e. The summed E-state index contributed by atoms with van der Waals surface area (Å²) in [5.41, 5.74) is 0.401. The van der Waals surface area contributed by atoms with Gasteiger partial charge in [-0.15, -0.1) is 0 Å². The molecule has 116 valence electrons. The largest absolute Gasteiger partial charge is 0.491 e. The molecule has 0 spiro atoms. The highest BCUT2D eigenvalue weighted by Gasteiger charge is 2.28. The molecule has 0 fully saturated rings. The Hall–Kier alpha value is -1.58. The van der Waals surface area contributed by atoms with E-state index in [2.05, 4.69) is 11.8 Å². The smallest absolute Gasteiger partial charge is 0.158 e. The van der Waals surface area contributed by atoms with Crippen LogP contribution in [0, 0.1) is 17.7 Å². The summed E-state index contributed by atoms with van der Waals surface area (Å²) in [6, 6.07) is 3.79. The summed E-state index contributed by atoms with van der Waals surface area (Å²) in [4.78, 5) is 0. The van der Waals surface area contributed by atoms with Gasteiger partial charge in [0.05, 0.1) is 16.1 Å². The molecule has 0 aliphatic rings. The summed E-state index contributed by atoms with van der Waals surface area (Å²) in [7, 11) is -3.30. The number of sulfone groups is 1. The molecule has 1 rings (SSSR count). The minimum atomic E-state index is -3.30. The van der Waals surface area contributed by atoms with E-state index in [0.29, 0.717) is 5.56 Å². The lowest BCUT2D eigenvalue weighted by Gasteiger charge is -2.19. The van der Waals surface area contributed by atoms with Crippen molar-refractivity contribution in [3.8, 4) is 17.6 Å². The number of rotatable bonds is 4. The molecule has 0 bridgehead atoms. The first-order valence-corrected chi connectivity index (χ1v) is 8.07. The van der Waals surface area contributed by atoms with E-state index in [1.165, 1.54) is 12.1 Å². The van der Waals surface area contributed by atoms with Gasteiger partial charge in [0.25, 0.3) is 0 Å². The van der Waals surface area contributed by atoms with Crippen LogP contribution in [-0.4, -0.2) is 37.2 Å². The molecule has 0 radical (unpaired) electrons. The molecule has 0 aliphatic carbocycles. The summed E-state index contributed by atoms with van der Waals surface area (Å²) in [6.45, 7) is 4.43. The van der Waals surface area contributed by atoms with Crippen LogP contribution in [0.4, 0.5) is 4.39 Å². The van der Waals surface area contributed by atoms with Gasteiger partial charge in [0.1, 0.15) is 24.8 Å². The highest BCUT2D eigenvalue weighted by atomic mass is 32.2. The third kappa shape index (κ3) is 5.03. The molecule has 0 aromatic heterocycles. The first-order chi connectivity index (χ1) is 9.67. The average Bonchev–Trinajstić information content (AvgIpc) is 2.36. The lowest BCUT2D eigenvalue weighted by molar-refractivity contribution is 0.337. The van der Waals surface area contributed by atoms with Crippen molar-refractivity contribution in [1.29, 1.82) is 0 Å². The summed E-state index contributed by atoms with van der Waals surface area (Å²) in [5.74, 6) is 4.57. The van der Waals surface area contributed by atoms with Gasteiger partial charge in [-0.05, 0) is 32.9 Å². The molecule has 0 aliphatic heterocycles. The first kappa shape index (κ1) is 17.5. The Kier molecular flexibility index (Phi) is 5.76. The monoisotopic (exact) mass is 314 g/mol. The van der Waals surface area contributed by atoms with Crippen LogP contribution >= 0.6 is 0 Å². The van der Waals surface area contributed by atoms with E-state index in [1.807, 2.05) is 0 Å². The molecule has 1 aromatic carbocycles. The summed E-state index contributed by atoms with van der Waals surface area (Å²) < 4.78 is 41.6. The van der Waals surface area contributed by atoms with Gasteiger partial charge in [0.15, 0.2) is 9.84 Å². The van der Waals surface area contributed by atoms with Crippen LogP contribution in [0.25, 0.3) is 0 Å². The maximum absolute atomic E-state index is 13.2. The van der Waals surface area contributed by atoms with Crippen LogP contribution in [0.5, 0.6) is 5.75 Å². The highest BCUT2D eigenvalue weighted by Crippen LogP contribution is 2.20. The van der Waals surface area contributed by atoms with Crippen molar-refractivity contribution >= 4 is 9.84 Å². The van der Waals surface area contributed by atoms with E-state index in [0.717, 1.165) is 6.07 Å². The van der Waals surface area contributed by atoms with Crippen molar-refractivity contribution in [2.24, 2.45) is 0 Å². The summed E-state index contributed by atoms with van der Waals surface area (Å²) in [6.07, 6.45) is 0. The number of ether oxygens (including phenoxy) is 1. The normalized spacial score (nSPS) is 11.7. The van der Waals surface area contributed by atoms with Crippen molar-refractivity contribution in [3.63, 3.8) is 0 Å². The Bertz CT molecular complexity index is 648. The molecule has 0 unspecified atom stereocenters. The number of aliphatic hydroxyl groups excluding tert-OH is 1. The van der Waals surface area contributed by atoms with Crippen LogP contribution in [0.15, 0.2) is 18.2 Å². The summed E-state index contributed by atoms with van der Waals surface area (Å²) >= 11 is 0. The van der Waals surface area contributed by atoms with Crippen molar-refractivity contribution in [2.75, 3.05) is 19.0 Å². The molecule has 0 amide bonds. The van der Waals surface area contributed by atoms with Crippen molar-refractivity contribution < 1.29 is 22.7 Å². The molecule has 1 N–H and O–H groups in total. The average molecular weight is 314 g/mol. The standard InChI is InChI=1S/C15H19FO4S/c1-15(2,3)21(18,19)10-9-20-14-11-13(16)7-6-12(14)5-4-8-17/h6-7,11,17H,8-10H2,1-3H3. The molecule has 4 nitrogen and oxygen atoms in total. The van der Waals surface area contributed by atoms with Gasteiger partial charge in [0.2, 0.25) is 0 Å². The fourth-order valence-electron chi connectivity index (χ4n) is 1.42. The van der Waals surface area contributed by atoms with Gasteiger partial charge < -0.3 is 9.84 Å². The van der Waals surface area contributed by atoms with E-state index in [-0.39, 0.29) is 24.7 Å². The zero-order chi connectivity index (χ0) is 16.1. The lowest BCUT2D eigenvalue weighted by Crippen LogP contribution is -2.32. The van der Waals surface area contributed by atoms with Gasteiger partial charge in [-0.25, -0.2) is 12.8 Å². The molecular weight excluding hydrogens is 295 g/mol. The highest BCUT2D eigenvalue weighted by molar-refractivity contribution is 7.92. The van der Waals surface area contributed by atoms with Crippen LogP contribution in [-0.2, 0) is 9.84 Å². The molecule has 0 atom stereocenters. The SMILES string of the molecule is CC(C)(C)S(=O)(=O)CCOc1cc(F)ccc1C#CCO. The van der Waals surface area contributed by atoms with E-state index in [1.54, 1.807) is 20.8 Å². The number of benzene rings is 1. The van der Waals surface area contributed by atoms with E-state index in [9.17, 15) is 12.8 Å². The predicted molar refractivity (Wildman–Crippen MR) is 79.4 cm³/mol.